The van der Waals surface area contributed by atoms with Crippen LogP contribution < -0.4 is 10.6 Å². The van der Waals surface area contributed by atoms with E-state index in [0.717, 1.165) is 0 Å². The first-order valence-electron chi connectivity index (χ1n) is 12.2. The summed E-state index contributed by atoms with van der Waals surface area (Å²) in [6.45, 7) is 10.4. The topological polar surface area (TPSA) is 134 Å². The lowest BCUT2D eigenvalue weighted by atomic mass is 9.98. The summed E-state index contributed by atoms with van der Waals surface area (Å²) >= 11 is 0. The van der Waals surface area contributed by atoms with Gasteiger partial charge in [0.15, 0.2) is 0 Å². The van der Waals surface area contributed by atoms with Gasteiger partial charge in [-0.15, -0.1) is 0 Å². The molecule has 1 aromatic rings. The number of benzene rings is 1. The Balaban J connectivity index is 2.46. The molecule has 1 fully saturated rings. The van der Waals surface area contributed by atoms with Gasteiger partial charge >= 0.3 is 12.1 Å². The van der Waals surface area contributed by atoms with E-state index in [1.54, 1.807) is 39.8 Å². The summed E-state index contributed by atoms with van der Waals surface area (Å²) in [5.41, 5.74) is 0.270. The molecule has 1 aliphatic rings. The van der Waals surface area contributed by atoms with Crippen LogP contribution in [0.2, 0.25) is 0 Å². The second kappa shape index (κ2) is 12.1. The minimum Gasteiger partial charge on any atom is -0.508 e. The molecule has 1 aliphatic carbocycles. The van der Waals surface area contributed by atoms with E-state index >= 15 is 0 Å². The van der Waals surface area contributed by atoms with E-state index in [4.69, 9.17) is 4.74 Å². The molecule has 2 rings (SSSR count). The normalized spacial score (nSPS) is 15.0. The zero-order valence-corrected chi connectivity index (χ0v) is 22.2. The number of aromatic hydroxyl groups is 1. The van der Waals surface area contributed by atoms with Crippen LogP contribution in [0.1, 0.15) is 71.0 Å². The number of aryl methyl sites for hydroxylation is 1. The maximum Gasteiger partial charge on any atom is 0.408 e. The fourth-order valence-electron chi connectivity index (χ4n) is 3.81. The molecule has 200 valence electrons. The predicted octanol–water partition coefficient (Wildman–Crippen LogP) is 2.96. The monoisotopic (exact) mass is 505 g/mol. The molecule has 0 aromatic heterocycles. The highest BCUT2D eigenvalue weighted by molar-refractivity contribution is 5.93. The molecule has 0 aliphatic heterocycles. The summed E-state index contributed by atoms with van der Waals surface area (Å²) < 4.78 is 10.0. The predicted molar refractivity (Wildman–Crippen MR) is 133 cm³/mol. The molecule has 0 heterocycles. The number of nitrogens with zero attached hydrogens (tertiary/aromatic N) is 1. The highest BCUT2D eigenvalue weighted by atomic mass is 16.6. The Hall–Kier alpha value is -3.30. The van der Waals surface area contributed by atoms with E-state index in [1.165, 1.54) is 18.1 Å². The minimum atomic E-state index is -1.08. The van der Waals surface area contributed by atoms with Crippen molar-refractivity contribution in [1.29, 1.82) is 0 Å². The SMILES string of the molecule is COC(=O)CNC(=O)C(c1ccc(O)c(C)c1)N(C(=O)C(CC(C)C)NC(=O)OC(C)(C)C)C1CC1. The average molecular weight is 506 g/mol. The zero-order chi connectivity index (χ0) is 27.2. The lowest BCUT2D eigenvalue weighted by Gasteiger charge is -2.35. The number of amides is 3. The first-order chi connectivity index (χ1) is 16.7. The van der Waals surface area contributed by atoms with Crippen molar-refractivity contribution in [1.82, 2.24) is 15.5 Å². The summed E-state index contributed by atoms with van der Waals surface area (Å²) in [6.07, 6.45) is 1.02. The number of methoxy groups -OCH3 is 1. The van der Waals surface area contributed by atoms with Gasteiger partial charge in [0.25, 0.3) is 0 Å². The Bertz CT molecular complexity index is 967. The minimum absolute atomic E-state index is 0.0565. The van der Waals surface area contributed by atoms with Crippen LogP contribution in [0.15, 0.2) is 18.2 Å². The van der Waals surface area contributed by atoms with Crippen LogP contribution in [0.3, 0.4) is 0 Å². The second-order valence-electron chi connectivity index (χ2n) is 10.5. The Morgan fingerprint density at radius 3 is 2.31 bits per heavy atom. The van der Waals surface area contributed by atoms with Crippen LogP contribution in [-0.2, 0) is 23.9 Å². The Morgan fingerprint density at radius 2 is 1.81 bits per heavy atom. The van der Waals surface area contributed by atoms with E-state index in [-0.39, 0.29) is 24.3 Å². The third-order valence-electron chi connectivity index (χ3n) is 5.59. The maximum atomic E-state index is 14.0. The van der Waals surface area contributed by atoms with Gasteiger partial charge in [0.1, 0.15) is 30.0 Å². The van der Waals surface area contributed by atoms with Gasteiger partial charge in [-0.1, -0.05) is 19.9 Å². The highest BCUT2D eigenvalue weighted by Crippen LogP contribution is 2.37. The number of nitrogens with one attached hydrogen (secondary N) is 2. The van der Waals surface area contributed by atoms with Gasteiger partial charge in [0, 0.05) is 6.04 Å². The van der Waals surface area contributed by atoms with Crippen molar-refractivity contribution in [2.24, 2.45) is 5.92 Å². The third kappa shape index (κ3) is 8.42. The lowest BCUT2D eigenvalue weighted by Crippen LogP contribution is -2.54. The molecule has 0 saturated heterocycles. The zero-order valence-electron chi connectivity index (χ0n) is 22.2. The van der Waals surface area contributed by atoms with E-state index in [0.29, 0.717) is 30.4 Å². The number of alkyl carbamates (subject to hydrolysis) is 1. The molecular weight excluding hydrogens is 466 g/mol. The molecule has 0 radical (unpaired) electrons. The van der Waals surface area contributed by atoms with Gasteiger partial charge in [0.2, 0.25) is 11.8 Å². The number of hydrogen-bond acceptors (Lipinski definition) is 7. The Labute approximate surface area is 212 Å². The van der Waals surface area contributed by atoms with Crippen molar-refractivity contribution < 1.29 is 33.8 Å². The van der Waals surface area contributed by atoms with Gasteiger partial charge in [-0.05, 0) is 76.1 Å². The highest BCUT2D eigenvalue weighted by Gasteiger charge is 2.44. The van der Waals surface area contributed by atoms with Crippen LogP contribution in [0.4, 0.5) is 4.79 Å². The maximum absolute atomic E-state index is 14.0. The van der Waals surface area contributed by atoms with Crippen LogP contribution in [0.5, 0.6) is 5.75 Å². The van der Waals surface area contributed by atoms with Gasteiger partial charge < -0.3 is 30.1 Å². The molecule has 3 amide bonds. The summed E-state index contributed by atoms with van der Waals surface area (Å²) in [4.78, 5) is 53.1. The van der Waals surface area contributed by atoms with Crippen LogP contribution in [0.25, 0.3) is 0 Å². The molecule has 10 heteroatoms. The van der Waals surface area contributed by atoms with Crippen molar-refractivity contribution in [3.05, 3.63) is 29.3 Å². The smallest absolute Gasteiger partial charge is 0.408 e. The number of carbonyl (C=O) groups excluding carboxylic acids is 4. The molecule has 0 spiro atoms. The van der Waals surface area contributed by atoms with E-state index in [2.05, 4.69) is 15.4 Å². The number of ether oxygens (including phenoxy) is 2. The van der Waals surface area contributed by atoms with Crippen molar-refractivity contribution >= 4 is 23.9 Å². The van der Waals surface area contributed by atoms with Gasteiger partial charge in [0.05, 0.1) is 7.11 Å². The third-order valence-corrected chi connectivity index (χ3v) is 5.59. The quantitative estimate of drug-likeness (QED) is 0.416. The molecule has 0 bridgehead atoms. The number of esters is 1. The summed E-state index contributed by atoms with van der Waals surface area (Å²) in [7, 11) is 1.22. The Kier molecular flexibility index (Phi) is 9.72. The molecule has 2 atom stereocenters. The largest absolute Gasteiger partial charge is 0.508 e. The first-order valence-corrected chi connectivity index (χ1v) is 12.2. The fraction of sp³-hybridized carbons (Fsp3) is 0.615. The van der Waals surface area contributed by atoms with E-state index in [1.807, 2.05) is 13.8 Å². The number of carbonyl (C=O) groups is 4. The molecule has 36 heavy (non-hydrogen) atoms. The van der Waals surface area contributed by atoms with Gasteiger partial charge in [-0.25, -0.2) is 4.79 Å². The Morgan fingerprint density at radius 1 is 1.17 bits per heavy atom. The standard InChI is InChI=1S/C26H39N3O7/c1-15(2)12-19(28-25(34)36-26(4,5)6)24(33)29(18-9-10-18)22(23(32)27-14-21(31)35-7)17-8-11-20(30)16(3)13-17/h8,11,13,15,18-19,22,30H,9-10,12,14H2,1-7H3,(H,27,32)(H,28,34). The van der Waals surface area contributed by atoms with Crippen molar-refractivity contribution in [3.8, 4) is 5.75 Å². The first kappa shape index (κ1) is 28.9. The number of phenolic OH excluding ortho intramolecular Hbond substituents is 1. The second-order valence-corrected chi connectivity index (χ2v) is 10.5. The summed E-state index contributed by atoms with van der Waals surface area (Å²) in [5.74, 6) is -1.48. The van der Waals surface area contributed by atoms with Crippen LogP contribution in [-0.4, -0.2) is 65.2 Å². The number of hydrogen-bond donors (Lipinski definition) is 3. The number of rotatable bonds is 10. The summed E-state index contributed by atoms with van der Waals surface area (Å²) in [6, 6.07) is 2.46. The van der Waals surface area contributed by atoms with Crippen molar-refractivity contribution in [2.75, 3.05) is 13.7 Å². The van der Waals surface area contributed by atoms with E-state index in [9.17, 15) is 24.3 Å². The molecule has 2 unspecified atom stereocenters. The molecule has 10 nitrogen and oxygen atoms in total. The van der Waals surface area contributed by atoms with Crippen molar-refractivity contribution in [2.45, 2.75) is 84.5 Å². The number of phenols is 1. The molecular formula is C26H39N3O7. The van der Waals surface area contributed by atoms with Crippen molar-refractivity contribution in [3.63, 3.8) is 0 Å². The van der Waals surface area contributed by atoms with E-state index < -0.39 is 41.6 Å². The lowest BCUT2D eigenvalue weighted by molar-refractivity contribution is -0.145. The fourth-order valence-corrected chi connectivity index (χ4v) is 3.81. The van der Waals surface area contributed by atoms with Gasteiger partial charge in [-0.2, -0.15) is 0 Å². The average Bonchev–Trinajstić information content (AvgIpc) is 3.60. The summed E-state index contributed by atoms with van der Waals surface area (Å²) in [5, 5.41) is 15.3. The molecule has 1 saturated carbocycles. The molecule has 1 aromatic carbocycles. The van der Waals surface area contributed by atoms with Crippen LogP contribution in [0, 0.1) is 12.8 Å². The van der Waals surface area contributed by atoms with Gasteiger partial charge in [-0.3, -0.25) is 14.4 Å². The van der Waals surface area contributed by atoms with Crippen LogP contribution >= 0.6 is 0 Å². The molecule has 3 N–H and O–H groups in total.